The number of amides is 1. The van der Waals surface area contributed by atoms with Crippen LogP contribution in [0.3, 0.4) is 0 Å². The summed E-state index contributed by atoms with van der Waals surface area (Å²) < 4.78 is 18.5. The standard InChI is InChI=1S/C11H18FNO4/c1-11(2,3)17-10(16)13-6-4-5-7(13)8(12)9(14)15/h7-8H,4-6H2,1-3H3,(H,14,15). The number of aliphatic carboxylic acids is 1. The molecule has 0 bridgehead atoms. The average Bonchev–Trinajstić information content (AvgIpc) is 2.61. The Balaban J connectivity index is 2.69. The summed E-state index contributed by atoms with van der Waals surface area (Å²) in [6, 6.07) is -0.914. The van der Waals surface area contributed by atoms with E-state index in [1.807, 2.05) is 0 Å². The first kappa shape index (κ1) is 13.7. The molecule has 1 amide bonds. The molecule has 1 aliphatic heterocycles. The molecule has 1 heterocycles. The number of nitrogens with zero attached hydrogens (tertiary/aromatic N) is 1. The van der Waals surface area contributed by atoms with Gasteiger partial charge in [-0.1, -0.05) is 0 Å². The van der Waals surface area contributed by atoms with E-state index >= 15 is 0 Å². The third kappa shape index (κ3) is 3.57. The van der Waals surface area contributed by atoms with E-state index in [9.17, 15) is 14.0 Å². The van der Waals surface area contributed by atoms with Gasteiger partial charge in [-0.25, -0.2) is 14.0 Å². The van der Waals surface area contributed by atoms with Crippen LogP contribution < -0.4 is 0 Å². The van der Waals surface area contributed by atoms with E-state index in [2.05, 4.69) is 0 Å². The molecule has 1 saturated heterocycles. The lowest BCUT2D eigenvalue weighted by Crippen LogP contribution is -2.46. The number of halogens is 1. The van der Waals surface area contributed by atoms with Crippen molar-refractivity contribution in [3.05, 3.63) is 0 Å². The van der Waals surface area contributed by atoms with Crippen LogP contribution in [0.2, 0.25) is 0 Å². The molecule has 1 N–H and O–H groups in total. The van der Waals surface area contributed by atoms with Crippen molar-refractivity contribution >= 4 is 12.1 Å². The first-order valence-corrected chi connectivity index (χ1v) is 5.59. The molecule has 0 radical (unpaired) electrons. The maximum Gasteiger partial charge on any atom is 0.410 e. The Morgan fingerprint density at radius 1 is 1.47 bits per heavy atom. The van der Waals surface area contributed by atoms with Crippen molar-refractivity contribution < 1.29 is 23.8 Å². The van der Waals surface area contributed by atoms with Crippen molar-refractivity contribution in [1.29, 1.82) is 0 Å². The van der Waals surface area contributed by atoms with E-state index in [0.717, 1.165) is 0 Å². The Labute approximate surface area is 99.5 Å². The zero-order valence-corrected chi connectivity index (χ0v) is 10.3. The van der Waals surface area contributed by atoms with Crippen LogP contribution in [0.1, 0.15) is 33.6 Å². The van der Waals surface area contributed by atoms with Gasteiger partial charge in [0.05, 0.1) is 6.04 Å². The van der Waals surface area contributed by atoms with Gasteiger partial charge in [0.2, 0.25) is 6.17 Å². The molecule has 1 rings (SSSR count). The Bertz CT molecular complexity index is 313. The number of likely N-dealkylation sites (tertiary alicyclic amines) is 1. The first-order chi connectivity index (χ1) is 7.72. The van der Waals surface area contributed by atoms with Crippen molar-refractivity contribution in [2.75, 3.05) is 6.54 Å². The van der Waals surface area contributed by atoms with E-state index in [1.165, 1.54) is 4.90 Å². The lowest BCUT2D eigenvalue weighted by atomic mass is 10.1. The molecule has 0 saturated carbocycles. The van der Waals surface area contributed by atoms with E-state index in [-0.39, 0.29) is 0 Å². The van der Waals surface area contributed by atoms with Crippen molar-refractivity contribution in [2.45, 2.75) is 51.4 Å². The summed E-state index contributed by atoms with van der Waals surface area (Å²) in [5.74, 6) is -1.54. The van der Waals surface area contributed by atoms with Gasteiger partial charge in [0.25, 0.3) is 0 Å². The average molecular weight is 247 g/mol. The largest absolute Gasteiger partial charge is 0.479 e. The number of rotatable bonds is 2. The lowest BCUT2D eigenvalue weighted by molar-refractivity contribution is -0.144. The summed E-state index contributed by atoms with van der Waals surface area (Å²) in [6.07, 6.45) is -1.75. The van der Waals surface area contributed by atoms with Crippen molar-refractivity contribution in [2.24, 2.45) is 0 Å². The highest BCUT2D eigenvalue weighted by Crippen LogP contribution is 2.24. The number of carboxylic acids is 1. The van der Waals surface area contributed by atoms with Crippen LogP contribution in [0.5, 0.6) is 0 Å². The van der Waals surface area contributed by atoms with Crippen LogP contribution in [-0.2, 0) is 9.53 Å². The van der Waals surface area contributed by atoms with Crippen LogP contribution in [0.25, 0.3) is 0 Å². The normalized spacial score (nSPS) is 22.4. The molecule has 2 atom stereocenters. The monoisotopic (exact) mass is 247 g/mol. The van der Waals surface area contributed by atoms with E-state index in [4.69, 9.17) is 9.84 Å². The number of ether oxygens (including phenoxy) is 1. The third-order valence-electron chi connectivity index (χ3n) is 2.50. The number of carboxylic acid groups (broad SMARTS) is 1. The highest BCUT2D eigenvalue weighted by atomic mass is 19.1. The summed E-state index contributed by atoms with van der Waals surface area (Å²) in [4.78, 5) is 23.5. The molecule has 2 unspecified atom stereocenters. The molecular formula is C11H18FNO4. The molecule has 17 heavy (non-hydrogen) atoms. The molecule has 0 aliphatic carbocycles. The molecule has 0 aromatic carbocycles. The first-order valence-electron chi connectivity index (χ1n) is 5.59. The van der Waals surface area contributed by atoms with Gasteiger partial charge in [-0.15, -0.1) is 0 Å². The van der Waals surface area contributed by atoms with E-state index in [0.29, 0.717) is 19.4 Å². The Kier molecular flexibility index (Phi) is 3.95. The minimum absolute atomic E-state index is 0.341. The number of hydrogen-bond donors (Lipinski definition) is 1. The number of carbonyl (C=O) groups is 2. The Morgan fingerprint density at radius 2 is 2.06 bits per heavy atom. The van der Waals surface area contributed by atoms with Gasteiger partial charge >= 0.3 is 12.1 Å². The van der Waals surface area contributed by atoms with Gasteiger partial charge in [0.15, 0.2) is 0 Å². The van der Waals surface area contributed by atoms with Crippen molar-refractivity contribution in [3.8, 4) is 0 Å². The molecule has 1 fully saturated rings. The Morgan fingerprint density at radius 3 is 2.53 bits per heavy atom. The van der Waals surface area contributed by atoms with Crippen LogP contribution in [0.4, 0.5) is 9.18 Å². The third-order valence-corrected chi connectivity index (χ3v) is 2.50. The molecular weight excluding hydrogens is 229 g/mol. The minimum atomic E-state index is -2.05. The van der Waals surface area contributed by atoms with Gasteiger partial charge in [0, 0.05) is 6.54 Å². The second-order valence-electron chi connectivity index (χ2n) is 5.12. The van der Waals surface area contributed by atoms with Gasteiger partial charge in [-0.2, -0.15) is 0 Å². The lowest BCUT2D eigenvalue weighted by Gasteiger charge is -2.29. The molecule has 0 aromatic rings. The topological polar surface area (TPSA) is 66.8 Å². The molecule has 98 valence electrons. The highest BCUT2D eigenvalue weighted by Gasteiger charge is 2.40. The Hall–Kier alpha value is -1.33. The van der Waals surface area contributed by atoms with Crippen LogP contribution in [-0.4, -0.2) is 46.4 Å². The number of carbonyl (C=O) groups excluding carboxylic acids is 1. The fourth-order valence-corrected chi connectivity index (χ4v) is 1.81. The molecule has 5 nitrogen and oxygen atoms in total. The van der Waals surface area contributed by atoms with Gasteiger partial charge in [-0.05, 0) is 33.6 Å². The van der Waals surface area contributed by atoms with Gasteiger partial charge < -0.3 is 14.7 Å². The van der Waals surface area contributed by atoms with Crippen LogP contribution >= 0.6 is 0 Å². The summed E-state index contributed by atoms with van der Waals surface area (Å²) in [5.41, 5.74) is -0.667. The molecule has 0 spiro atoms. The molecule has 6 heteroatoms. The summed E-state index contributed by atoms with van der Waals surface area (Å²) in [5, 5.41) is 8.62. The SMILES string of the molecule is CC(C)(C)OC(=O)N1CCCC1C(F)C(=O)O. The highest BCUT2D eigenvalue weighted by molar-refractivity contribution is 5.75. The van der Waals surface area contributed by atoms with Crippen LogP contribution in [0.15, 0.2) is 0 Å². The smallest absolute Gasteiger partial charge is 0.410 e. The quantitative estimate of drug-likeness (QED) is 0.808. The van der Waals surface area contributed by atoms with Gasteiger partial charge in [-0.3, -0.25) is 0 Å². The second-order valence-corrected chi connectivity index (χ2v) is 5.12. The zero-order valence-electron chi connectivity index (χ0n) is 10.3. The zero-order chi connectivity index (χ0) is 13.2. The van der Waals surface area contributed by atoms with E-state index < -0.39 is 29.9 Å². The van der Waals surface area contributed by atoms with Crippen molar-refractivity contribution in [3.63, 3.8) is 0 Å². The van der Waals surface area contributed by atoms with Crippen LogP contribution in [0, 0.1) is 0 Å². The fraction of sp³-hybridized carbons (Fsp3) is 0.818. The second kappa shape index (κ2) is 4.89. The van der Waals surface area contributed by atoms with Gasteiger partial charge in [0.1, 0.15) is 5.60 Å². The maximum atomic E-state index is 13.4. The summed E-state index contributed by atoms with van der Waals surface area (Å²) >= 11 is 0. The molecule has 1 aliphatic rings. The predicted molar refractivity (Wildman–Crippen MR) is 58.5 cm³/mol. The fourth-order valence-electron chi connectivity index (χ4n) is 1.81. The maximum absolute atomic E-state index is 13.4. The summed E-state index contributed by atoms with van der Waals surface area (Å²) in [6.45, 7) is 5.47. The predicted octanol–water partition coefficient (Wildman–Crippen LogP) is 1.81. The number of alkyl halides is 1. The minimum Gasteiger partial charge on any atom is -0.479 e. The summed E-state index contributed by atoms with van der Waals surface area (Å²) in [7, 11) is 0. The number of hydrogen-bond acceptors (Lipinski definition) is 3. The van der Waals surface area contributed by atoms with E-state index in [1.54, 1.807) is 20.8 Å². The van der Waals surface area contributed by atoms with Crippen molar-refractivity contribution in [1.82, 2.24) is 4.90 Å². The molecule has 0 aromatic heterocycles.